The van der Waals surface area contributed by atoms with Crippen molar-refractivity contribution >= 4 is 21.6 Å². The zero-order valence-corrected chi connectivity index (χ0v) is 11.1. The maximum Gasteiger partial charge on any atom is 0.108 e. The second kappa shape index (κ2) is 5.34. The van der Waals surface area contributed by atoms with E-state index in [2.05, 4.69) is 28.5 Å². The van der Waals surface area contributed by atoms with Gasteiger partial charge in [0.25, 0.3) is 0 Å². The molecule has 1 aromatic carbocycles. The van der Waals surface area contributed by atoms with Gasteiger partial charge in [0.15, 0.2) is 0 Å². The molecular weight excluding hydrogens is 244 g/mol. The van der Waals surface area contributed by atoms with Gasteiger partial charge in [-0.3, -0.25) is 0 Å². The van der Waals surface area contributed by atoms with Gasteiger partial charge in [0.05, 0.1) is 16.3 Å². The predicted molar refractivity (Wildman–Crippen MR) is 74.7 cm³/mol. The van der Waals surface area contributed by atoms with E-state index < -0.39 is 0 Å². The van der Waals surface area contributed by atoms with Crippen LogP contribution in [0.5, 0.6) is 0 Å². The van der Waals surface area contributed by atoms with E-state index in [0.717, 1.165) is 42.8 Å². The number of para-hydroxylation sites is 1. The fourth-order valence-corrected chi connectivity index (χ4v) is 3.43. The Kier molecular flexibility index (Phi) is 3.59. The van der Waals surface area contributed by atoms with Gasteiger partial charge in [0, 0.05) is 12.6 Å². The molecule has 0 amide bonds. The number of hydrogen-bond donors (Lipinski definition) is 2. The Balaban J connectivity index is 1.59. The smallest absolute Gasteiger partial charge is 0.108 e. The first-order chi connectivity index (χ1) is 8.81. The molecule has 0 radical (unpaired) electrons. The second-order valence-corrected chi connectivity index (χ2v) is 6.08. The third-order valence-corrected chi connectivity index (χ3v) is 4.61. The molecule has 0 saturated heterocycles. The molecule has 96 valence electrons. The molecule has 0 spiro atoms. The van der Waals surface area contributed by atoms with Crippen molar-refractivity contribution in [3.8, 4) is 0 Å². The average Bonchev–Trinajstić information content (AvgIpc) is 2.81. The van der Waals surface area contributed by atoms with E-state index in [1.165, 1.54) is 4.70 Å². The van der Waals surface area contributed by atoms with Crippen molar-refractivity contribution in [3.05, 3.63) is 29.3 Å². The van der Waals surface area contributed by atoms with E-state index in [9.17, 15) is 5.11 Å². The number of nitrogens with zero attached hydrogens (tertiary/aromatic N) is 1. The van der Waals surface area contributed by atoms with Crippen LogP contribution in [0, 0.1) is 0 Å². The van der Waals surface area contributed by atoms with Crippen molar-refractivity contribution in [2.75, 3.05) is 0 Å². The van der Waals surface area contributed by atoms with Crippen LogP contribution in [-0.4, -0.2) is 22.2 Å². The first-order valence-corrected chi connectivity index (χ1v) is 7.39. The summed E-state index contributed by atoms with van der Waals surface area (Å²) in [5.41, 5.74) is 1.10. The Morgan fingerprint density at radius 1 is 1.22 bits per heavy atom. The lowest BCUT2D eigenvalue weighted by molar-refractivity contribution is 0.116. The lowest BCUT2D eigenvalue weighted by Gasteiger charge is -2.25. The fraction of sp³-hybridized carbons (Fsp3) is 0.500. The number of fused-ring (bicyclic) bond motifs is 1. The average molecular weight is 262 g/mol. The van der Waals surface area contributed by atoms with Gasteiger partial charge in [-0.05, 0) is 37.8 Å². The minimum Gasteiger partial charge on any atom is -0.393 e. The van der Waals surface area contributed by atoms with Gasteiger partial charge in [-0.15, -0.1) is 11.3 Å². The predicted octanol–water partition coefficient (Wildman–Crippen LogP) is 2.69. The standard InChI is InChI=1S/C14H18N2OS/c17-11-7-5-10(6-8-11)15-9-14-16-12-3-1-2-4-13(12)18-14/h1-4,10-11,15,17H,5-9H2. The molecule has 1 saturated carbocycles. The summed E-state index contributed by atoms with van der Waals surface area (Å²) in [5.74, 6) is 0. The van der Waals surface area contributed by atoms with E-state index in [-0.39, 0.29) is 6.10 Å². The first kappa shape index (κ1) is 12.1. The molecule has 0 bridgehead atoms. The normalized spacial score (nSPS) is 24.5. The maximum absolute atomic E-state index is 9.47. The highest BCUT2D eigenvalue weighted by molar-refractivity contribution is 7.18. The summed E-state index contributed by atoms with van der Waals surface area (Å²) < 4.78 is 1.26. The Labute approximate surface area is 111 Å². The zero-order valence-electron chi connectivity index (χ0n) is 10.3. The molecule has 18 heavy (non-hydrogen) atoms. The molecule has 3 nitrogen and oxygen atoms in total. The summed E-state index contributed by atoms with van der Waals surface area (Å²) in [6, 6.07) is 8.81. The highest BCUT2D eigenvalue weighted by Gasteiger charge is 2.18. The van der Waals surface area contributed by atoms with E-state index >= 15 is 0 Å². The number of thiazole rings is 1. The van der Waals surface area contributed by atoms with Crippen LogP contribution in [0.4, 0.5) is 0 Å². The number of nitrogens with one attached hydrogen (secondary N) is 1. The van der Waals surface area contributed by atoms with Crippen molar-refractivity contribution in [2.45, 2.75) is 44.4 Å². The number of aromatic nitrogens is 1. The molecule has 3 rings (SSSR count). The summed E-state index contributed by atoms with van der Waals surface area (Å²) in [6.45, 7) is 0.847. The van der Waals surface area contributed by atoms with Gasteiger partial charge in [-0.25, -0.2) is 4.98 Å². The van der Waals surface area contributed by atoms with Gasteiger partial charge in [0.2, 0.25) is 0 Å². The second-order valence-electron chi connectivity index (χ2n) is 4.96. The van der Waals surface area contributed by atoms with Crippen LogP contribution in [0.1, 0.15) is 30.7 Å². The Morgan fingerprint density at radius 2 is 2.00 bits per heavy atom. The molecular formula is C14H18N2OS. The van der Waals surface area contributed by atoms with Gasteiger partial charge < -0.3 is 10.4 Å². The van der Waals surface area contributed by atoms with Crippen molar-refractivity contribution in [1.29, 1.82) is 0 Å². The highest BCUT2D eigenvalue weighted by Crippen LogP contribution is 2.23. The molecule has 2 aromatic rings. The summed E-state index contributed by atoms with van der Waals surface area (Å²) >= 11 is 1.76. The van der Waals surface area contributed by atoms with E-state index in [0.29, 0.717) is 6.04 Å². The van der Waals surface area contributed by atoms with Gasteiger partial charge in [0.1, 0.15) is 5.01 Å². The molecule has 1 aromatic heterocycles. The monoisotopic (exact) mass is 262 g/mol. The number of aliphatic hydroxyl groups excluding tert-OH is 1. The lowest BCUT2D eigenvalue weighted by atomic mass is 9.93. The van der Waals surface area contributed by atoms with Crippen LogP contribution in [0.15, 0.2) is 24.3 Å². The third-order valence-electron chi connectivity index (χ3n) is 3.58. The Bertz CT molecular complexity index is 484. The van der Waals surface area contributed by atoms with Gasteiger partial charge >= 0.3 is 0 Å². The SMILES string of the molecule is OC1CCC(NCc2nc3ccccc3s2)CC1. The van der Waals surface area contributed by atoms with Crippen molar-refractivity contribution in [3.63, 3.8) is 0 Å². The Morgan fingerprint density at radius 3 is 2.78 bits per heavy atom. The minimum atomic E-state index is -0.0782. The van der Waals surface area contributed by atoms with Gasteiger partial charge in [-0.1, -0.05) is 12.1 Å². The molecule has 1 aliphatic carbocycles. The van der Waals surface area contributed by atoms with Crippen LogP contribution in [0.3, 0.4) is 0 Å². The summed E-state index contributed by atoms with van der Waals surface area (Å²) in [6.07, 6.45) is 3.93. The number of hydrogen-bond acceptors (Lipinski definition) is 4. The quantitative estimate of drug-likeness (QED) is 0.894. The fourth-order valence-electron chi connectivity index (χ4n) is 2.51. The van der Waals surface area contributed by atoms with E-state index in [1.54, 1.807) is 11.3 Å². The minimum absolute atomic E-state index is 0.0782. The number of benzene rings is 1. The van der Waals surface area contributed by atoms with Crippen LogP contribution in [-0.2, 0) is 6.54 Å². The summed E-state index contributed by atoms with van der Waals surface area (Å²) in [5, 5.41) is 14.2. The largest absolute Gasteiger partial charge is 0.393 e. The molecule has 2 N–H and O–H groups in total. The molecule has 1 aliphatic rings. The van der Waals surface area contributed by atoms with Crippen LogP contribution >= 0.6 is 11.3 Å². The van der Waals surface area contributed by atoms with Crippen LogP contribution in [0.25, 0.3) is 10.2 Å². The van der Waals surface area contributed by atoms with Gasteiger partial charge in [-0.2, -0.15) is 0 Å². The topological polar surface area (TPSA) is 45.1 Å². The van der Waals surface area contributed by atoms with Crippen LogP contribution < -0.4 is 5.32 Å². The molecule has 0 atom stereocenters. The molecule has 4 heteroatoms. The molecule has 1 fully saturated rings. The highest BCUT2D eigenvalue weighted by atomic mass is 32.1. The van der Waals surface area contributed by atoms with Crippen molar-refractivity contribution in [2.24, 2.45) is 0 Å². The Hall–Kier alpha value is -0.970. The third kappa shape index (κ3) is 2.71. The summed E-state index contributed by atoms with van der Waals surface area (Å²) in [7, 11) is 0. The first-order valence-electron chi connectivity index (χ1n) is 6.57. The number of aliphatic hydroxyl groups is 1. The molecule has 0 unspecified atom stereocenters. The zero-order chi connectivity index (χ0) is 12.4. The van der Waals surface area contributed by atoms with E-state index in [4.69, 9.17) is 0 Å². The number of rotatable bonds is 3. The van der Waals surface area contributed by atoms with Crippen molar-refractivity contribution < 1.29 is 5.11 Å². The van der Waals surface area contributed by atoms with E-state index in [1.807, 2.05) is 6.07 Å². The maximum atomic E-state index is 9.47. The van der Waals surface area contributed by atoms with Crippen LogP contribution in [0.2, 0.25) is 0 Å². The van der Waals surface area contributed by atoms with Crippen molar-refractivity contribution in [1.82, 2.24) is 10.3 Å². The molecule has 1 heterocycles. The molecule has 0 aliphatic heterocycles. The summed E-state index contributed by atoms with van der Waals surface area (Å²) in [4.78, 5) is 4.62. The lowest BCUT2D eigenvalue weighted by Crippen LogP contribution is -2.34.